The number of aromatic nitrogens is 1. The van der Waals surface area contributed by atoms with Gasteiger partial charge in [-0.15, -0.1) is 0 Å². The molecule has 0 unspecified atom stereocenters. The van der Waals surface area contributed by atoms with Crippen molar-refractivity contribution in [2.24, 2.45) is 4.99 Å². The van der Waals surface area contributed by atoms with E-state index in [0.29, 0.717) is 43.2 Å². The topological polar surface area (TPSA) is 99.4 Å². The summed E-state index contributed by atoms with van der Waals surface area (Å²) in [6.45, 7) is 7.51. The quantitative estimate of drug-likeness (QED) is 0.492. The summed E-state index contributed by atoms with van der Waals surface area (Å²) in [4.78, 5) is 32.0. The minimum atomic E-state index is -0.772. The molecule has 0 fully saturated rings. The van der Waals surface area contributed by atoms with Crippen LogP contribution >= 0.6 is 11.3 Å². The van der Waals surface area contributed by atoms with Crippen LogP contribution in [0.4, 0.5) is 0 Å². The normalized spacial score (nSPS) is 15.5. The fourth-order valence-corrected chi connectivity index (χ4v) is 5.14. The lowest BCUT2D eigenvalue weighted by atomic mass is 9.95. The Bertz CT molecular complexity index is 1520. The van der Waals surface area contributed by atoms with Crippen LogP contribution in [0.2, 0.25) is 0 Å². The lowest BCUT2D eigenvalue weighted by molar-refractivity contribution is -0.139. The molecule has 0 saturated heterocycles. The van der Waals surface area contributed by atoms with Gasteiger partial charge in [0, 0.05) is 5.56 Å². The number of rotatable bonds is 7. The van der Waals surface area contributed by atoms with Gasteiger partial charge in [0.1, 0.15) is 11.8 Å². The Balaban J connectivity index is 1.97. The van der Waals surface area contributed by atoms with Crippen LogP contribution in [0.15, 0.2) is 63.5 Å². The van der Waals surface area contributed by atoms with Gasteiger partial charge in [-0.25, -0.2) is 9.79 Å². The van der Waals surface area contributed by atoms with Crippen LogP contribution in [-0.4, -0.2) is 35.5 Å². The highest BCUT2D eigenvalue weighted by Gasteiger charge is 2.35. The molecule has 9 heteroatoms. The molecule has 1 aliphatic rings. The molecule has 1 N–H and O–H groups in total. The van der Waals surface area contributed by atoms with Crippen LogP contribution in [0.25, 0.3) is 6.08 Å². The van der Waals surface area contributed by atoms with E-state index in [1.54, 1.807) is 32.1 Å². The number of carbonyl (C=O) groups excluding carboxylic acids is 1. The number of benzene rings is 2. The Morgan fingerprint density at radius 1 is 1.22 bits per heavy atom. The van der Waals surface area contributed by atoms with E-state index in [4.69, 9.17) is 14.2 Å². The Morgan fingerprint density at radius 3 is 2.67 bits per heavy atom. The molecule has 3 aromatic rings. The van der Waals surface area contributed by atoms with Crippen molar-refractivity contribution >= 4 is 23.4 Å². The van der Waals surface area contributed by atoms with Gasteiger partial charge in [0.05, 0.1) is 35.6 Å². The number of esters is 1. The van der Waals surface area contributed by atoms with E-state index in [-0.39, 0.29) is 24.0 Å². The Kier molecular flexibility index (Phi) is 7.30. The van der Waals surface area contributed by atoms with Crippen molar-refractivity contribution in [3.63, 3.8) is 0 Å². The molecule has 0 aliphatic carbocycles. The highest BCUT2D eigenvalue weighted by Crippen LogP contribution is 2.36. The predicted octanol–water partition coefficient (Wildman–Crippen LogP) is 3.30. The van der Waals surface area contributed by atoms with Crippen molar-refractivity contribution in [1.82, 2.24) is 4.57 Å². The molecule has 4 rings (SSSR count). The van der Waals surface area contributed by atoms with Crippen LogP contribution in [0.5, 0.6) is 17.2 Å². The first-order valence-electron chi connectivity index (χ1n) is 11.6. The van der Waals surface area contributed by atoms with Gasteiger partial charge in [-0.05, 0) is 57.5 Å². The van der Waals surface area contributed by atoms with E-state index in [9.17, 15) is 14.7 Å². The summed E-state index contributed by atoms with van der Waals surface area (Å²) in [5.41, 5.74) is 1.82. The number of methoxy groups -OCH3 is 1. The molecule has 0 radical (unpaired) electrons. The maximum Gasteiger partial charge on any atom is 0.338 e. The molecule has 36 heavy (non-hydrogen) atoms. The van der Waals surface area contributed by atoms with Gasteiger partial charge < -0.3 is 19.3 Å². The summed E-state index contributed by atoms with van der Waals surface area (Å²) in [5.74, 6) is 0.356. The van der Waals surface area contributed by atoms with E-state index >= 15 is 0 Å². The number of allylic oxidation sites excluding steroid dienone is 1. The first-order chi connectivity index (χ1) is 17.2. The van der Waals surface area contributed by atoms with Gasteiger partial charge in [-0.1, -0.05) is 35.6 Å². The average molecular weight is 509 g/mol. The van der Waals surface area contributed by atoms with Crippen molar-refractivity contribution in [1.29, 1.82) is 0 Å². The van der Waals surface area contributed by atoms with Gasteiger partial charge in [0.25, 0.3) is 5.56 Å². The van der Waals surface area contributed by atoms with Crippen LogP contribution in [0.1, 0.15) is 44.9 Å². The number of phenolic OH excluding ortho intramolecular Hbond substituents is 1. The molecule has 1 aliphatic heterocycles. The monoisotopic (exact) mass is 508 g/mol. The van der Waals surface area contributed by atoms with Crippen molar-refractivity contribution in [3.8, 4) is 17.2 Å². The summed E-state index contributed by atoms with van der Waals surface area (Å²) in [5, 5.41) is 9.91. The number of hydrogen-bond acceptors (Lipinski definition) is 8. The first-order valence-corrected chi connectivity index (χ1v) is 12.4. The van der Waals surface area contributed by atoms with Gasteiger partial charge >= 0.3 is 5.97 Å². The predicted molar refractivity (Wildman–Crippen MR) is 137 cm³/mol. The zero-order chi connectivity index (χ0) is 26.0. The summed E-state index contributed by atoms with van der Waals surface area (Å²) < 4.78 is 18.6. The number of aromatic hydroxyl groups is 1. The standard InChI is InChI=1S/C27H28N2O6S/c1-6-34-26(32)23-16(4)28-27-29(24(23)18-9-7-8-10-20(18)35-15(2)3)25(31)22(36-27)14-17-11-12-19(30)21(13-17)33-5/h7-15,24,30H,6H2,1-5H3/b22-14-/t24-/m0/s1. The second-order valence-corrected chi connectivity index (χ2v) is 9.45. The molecular weight excluding hydrogens is 480 g/mol. The molecule has 0 saturated carbocycles. The maximum atomic E-state index is 13.8. The lowest BCUT2D eigenvalue weighted by Crippen LogP contribution is -2.40. The van der Waals surface area contributed by atoms with Crippen LogP contribution in [0.3, 0.4) is 0 Å². The second-order valence-electron chi connectivity index (χ2n) is 8.44. The van der Waals surface area contributed by atoms with Crippen LogP contribution < -0.4 is 24.4 Å². The Morgan fingerprint density at radius 2 is 1.97 bits per heavy atom. The third-order valence-electron chi connectivity index (χ3n) is 5.59. The third-order valence-corrected chi connectivity index (χ3v) is 6.58. The highest BCUT2D eigenvalue weighted by molar-refractivity contribution is 7.07. The summed E-state index contributed by atoms with van der Waals surface area (Å²) in [7, 11) is 1.46. The van der Waals surface area contributed by atoms with E-state index in [0.717, 1.165) is 0 Å². The second kappa shape index (κ2) is 10.4. The minimum Gasteiger partial charge on any atom is -0.504 e. The molecular formula is C27H28N2O6S. The van der Waals surface area contributed by atoms with Crippen LogP contribution in [0, 0.1) is 0 Å². The smallest absolute Gasteiger partial charge is 0.338 e. The molecule has 188 valence electrons. The van der Waals surface area contributed by atoms with Gasteiger partial charge in [-0.3, -0.25) is 9.36 Å². The SMILES string of the molecule is CCOC(=O)C1=C(C)N=c2s/c(=C\c3ccc(O)c(OC)c3)c(=O)n2[C@H]1c1ccccc1OC(C)C. The Hall–Kier alpha value is -3.85. The first kappa shape index (κ1) is 25.2. The molecule has 1 aromatic heterocycles. The van der Waals surface area contributed by atoms with Crippen molar-refractivity contribution < 1.29 is 24.1 Å². The fourth-order valence-electron chi connectivity index (χ4n) is 4.09. The number of ether oxygens (including phenoxy) is 3. The zero-order valence-electron chi connectivity index (χ0n) is 20.8. The molecule has 2 aromatic carbocycles. The molecule has 0 amide bonds. The highest BCUT2D eigenvalue weighted by atomic mass is 32.1. The van der Waals surface area contributed by atoms with Gasteiger partial charge in [0.15, 0.2) is 16.3 Å². The lowest BCUT2D eigenvalue weighted by Gasteiger charge is -2.26. The number of fused-ring (bicyclic) bond motifs is 1. The fraction of sp³-hybridized carbons (Fsp3) is 0.296. The molecule has 0 bridgehead atoms. The van der Waals surface area contributed by atoms with E-state index in [1.807, 2.05) is 38.1 Å². The third kappa shape index (κ3) is 4.79. The number of thiazole rings is 1. The molecule has 1 atom stereocenters. The van der Waals surface area contributed by atoms with Crippen molar-refractivity contribution in [3.05, 3.63) is 84.5 Å². The molecule has 2 heterocycles. The van der Waals surface area contributed by atoms with Gasteiger partial charge in [-0.2, -0.15) is 0 Å². The number of para-hydroxylation sites is 1. The summed E-state index contributed by atoms with van der Waals surface area (Å²) in [6, 6.07) is 11.4. The van der Waals surface area contributed by atoms with Gasteiger partial charge in [0.2, 0.25) is 0 Å². The molecule has 0 spiro atoms. The minimum absolute atomic E-state index is 0.00701. The summed E-state index contributed by atoms with van der Waals surface area (Å²) >= 11 is 1.22. The van der Waals surface area contributed by atoms with Crippen LogP contribution in [-0.2, 0) is 9.53 Å². The van der Waals surface area contributed by atoms with Crippen molar-refractivity contribution in [2.45, 2.75) is 39.8 Å². The number of hydrogen-bond donors (Lipinski definition) is 1. The zero-order valence-corrected chi connectivity index (χ0v) is 21.6. The van der Waals surface area contributed by atoms with Crippen molar-refractivity contribution in [2.75, 3.05) is 13.7 Å². The number of phenols is 1. The average Bonchev–Trinajstić information content (AvgIpc) is 3.14. The Labute approximate surface area is 212 Å². The van der Waals surface area contributed by atoms with E-state index in [1.165, 1.54) is 29.1 Å². The maximum absolute atomic E-state index is 13.8. The number of nitrogens with zero attached hydrogens (tertiary/aromatic N) is 2. The summed E-state index contributed by atoms with van der Waals surface area (Å²) in [6.07, 6.45) is 1.60. The van der Waals surface area contributed by atoms with E-state index in [2.05, 4.69) is 4.99 Å². The number of carbonyl (C=O) groups is 1. The molecule has 8 nitrogen and oxygen atoms in total. The largest absolute Gasteiger partial charge is 0.504 e. The van der Waals surface area contributed by atoms with E-state index < -0.39 is 12.0 Å².